The lowest BCUT2D eigenvalue weighted by Crippen LogP contribution is -2.52. The van der Waals surface area contributed by atoms with E-state index in [4.69, 9.17) is 4.52 Å². The van der Waals surface area contributed by atoms with Crippen molar-refractivity contribution in [3.8, 4) is 0 Å². The Morgan fingerprint density at radius 2 is 1.81 bits per heavy atom. The number of rotatable bonds is 4. The Morgan fingerprint density at radius 1 is 1.19 bits per heavy atom. The van der Waals surface area contributed by atoms with Crippen LogP contribution >= 0.6 is 0 Å². The fourth-order valence-electron chi connectivity index (χ4n) is 2.76. The molecular weight excluding hydrogens is 264 g/mol. The third-order valence-electron chi connectivity index (χ3n) is 4.47. The number of piperidine rings is 1. The fraction of sp³-hybridized carbons (Fsp3) is 0.765. The van der Waals surface area contributed by atoms with E-state index in [0.29, 0.717) is 6.42 Å². The zero-order chi connectivity index (χ0) is 15.7. The highest BCUT2D eigenvalue weighted by Gasteiger charge is 2.35. The summed E-state index contributed by atoms with van der Waals surface area (Å²) >= 11 is 0. The van der Waals surface area contributed by atoms with Gasteiger partial charge in [0.2, 0.25) is 0 Å². The Morgan fingerprint density at radius 3 is 2.33 bits per heavy atom. The van der Waals surface area contributed by atoms with Crippen LogP contribution in [0.25, 0.3) is 0 Å². The highest BCUT2D eigenvalue weighted by molar-refractivity contribution is 5.89. The molecule has 4 nitrogen and oxygen atoms in total. The summed E-state index contributed by atoms with van der Waals surface area (Å²) in [6, 6.07) is 1.92. The van der Waals surface area contributed by atoms with Crippen molar-refractivity contribution in [2.24, 2.45) is 0 Å². The van der Waals surface area contributed by atoms with Gasteiger partial charge >= 0.3 is 0 Å². The molecule has 0 aliphatic carbocycles. The summed E-state index contributed by atoms with van der Waals surface area (Å²) in [5.74, 6) is 1.05. The second-order valence-corrected chi connectivity index (χ2v) is 7.64. The first-order valence-corrected chi connectivity index (χ1v) is 7.95. The van der Waals surface area contributed by atoms with Gasteiger partial charge in [-0.3, -0.25) is 9.69 Å². The summed E-state index contributed by atoms with van der Waals surface area (Å²) in [6.45, 7) is 12.3. The van der Waals surface area contributed by atoms with Crippen molar-refractivity contribution in [2.45, 2.75) is 71.3 Å². The maximum atomic E-state index is 12.7. The number of hydrogen-bond donors (Lipinski definition) is 0. The molecule has 0 N–H and O–H groups in total. The van der Waals surface area contributed by atoms with Crippen LogP contribution in [0.5, 0.6) is 0 Å². The molecule has 4 heteroatoms. The molecule has 21 heavy (non-hydrogen) atoms. The van der Waals surface area contributed by atoms with Crippen molar-refractivity contribution in [1.82, 2.24) is 10.1 Å². The molecule has 1 saturated heterocycles. The second kappa shape index (κ2) is 5.91. The van der Waals surface area contributed by atoms with Gasteiger partial charge in [0, 0.05) is 11.5 Å². The summed E-state index contributed by atoms with van der Waals surface area (Å²) in [5, 5.41) is 4.07. The van der Waals surface area contributed by atoms with Crippen LogP contribution in [0.2, 0.25) is 0 Å². The van der Waals surface area contributed by atoms with E-state index < -0.39 is 5.54 Å². The second-order valence-electron chi connectivity index (χ2n) is 7.64. The van der Waals surface area contributed by atoms with Crippen molar-refractivity contribution in [3.63, 3.8) is 0 Å². The van der Waals surface area contributed by atoms with E-state index in [-0.39, 0.29) is 11.2 Å². The summed E-state index contributed by atoms with van der Waals surface area (Å²) < 4.78 is 5.37. The molecule has 1 aromatic heterocycles. The monoisotopic (exact) mass is 292 g/mol. The third-order valence-corrected chi connectivity index (χ3v) is 4.47. The maximum Gasteiger partial charge on any atom is 0.158 e. The molecule has 1 aliphatic heterocycles. The molecule has 1 fully saturated rings. The minimum absolute atomic E-state index is 0.0727. The van der Waals surface area contributed by atoms with Crippen LogP contribution in [0.15, 0.2) is 10.6 Å². The summed E-state index contributed by atoms with van der Waals surface area (Å²) in [5.41, 5.74) is 0.257. The van der Waals surface area contributed by atoms with Gasteiger partial charge in [-0.1, -0.05) is 32.3 Å². The van der Waals surface area contributed by atoms with Gasteiger partial charge < -0.3 is 4.52 Å². The third kappa shape index (κ3) is 3.73. The minimum atomic E-state index is -0.415. The van der Waals surface area contributed by atoms with E-state index in [1.54, 1.807) is 0 Å². The minimum Gasteiger partial charge on any atom is -0.361 e. The molecule has 0 amide bonds. The van der Waals surface area contributed by atoms with Crippen LogP contribution in [0.3, 0.4) is 0 Å². The van der Waals surface area contributed by atoms with Gasteiger partial charge in [0.1, 0.15) is 5.76 Å². The Kier molecular flexibility index (Phi) is 4.57. The highest BCUT2D eigenvalue weighted by atomic mass is 16.5. The molecule has 118 valence electrons. The highest BCUT2D eigenvalue weighted by Crippen LogP contribution is 2.25. The van der Waals surface area contributed by atoms with Gasteiger partial charge in [-0.25, -0.2) is 0 Å². The van der Waals surface area contributed by atoms with Gasteiger partial charge in [-0.05, 0) is 39.8 Å². The molecule has 0 aromatic carbocycles. The molecule has 0 unspecified atom stereocenters. The van der Waals surface area contributed by atoms with E-state index in [9.17, 15) is 4.79 Å². The van der Waals surface area contributed by atoms with Gasteiger partial charge in [0.15, 0.2) is 5.78 Å². The lowest BCUT2D eigenvalue weighted by molar-refractivity contribution is -0.129. The number of carbonyl (C=O) groups excluding carboxylic acids is 1. The van der Waals surface area contributed by atoms with Crippen molar-refractivity contribution >= 4 is 5.78 Å². The average Bonchev–Trinajstić information content (AvgIpc) is 2.88. The lowest BCUT2D eigenvalue weighted by atomic mass is 9.90. The van der Waals surface area contributed by atoms with Crippen molar-refractivity contribution in [3.05, 3.63) is 17.5 Å². The molecule has 0 bridgehead atoms. The van der Waals surface area contributed by atoms with Gasteiger partial charge in [0.05, 0.1) is 17.7 Å². The molecule has 1 aromatic rings. The van der Waals surface area contributed by atoms with E-state index >= 15 is 0 Å². The number of Topliss-reactive ketones (excluding diaryl/α,β-unsaturated/α-hetero) is 1. The van der Waals surface area contributed by atoms with Gasteiger partial charge in [0.25, 0.3) is 0 Å². The van der Waals surface area contributed by atoms with Crippen LogP contribution < -0.4 is 0 Å². The van der Waals surface area contributed by atoms with Crippen LogP contribution in [0.1, 0.15) is 65.3 Å². The number of likely N-dealkylation sites (tertiary alicyclic amines) is 1. The average molecular weight is 292 g/mol. The molecule has 0 spiro atoms. The molecule has 0 atom stereocenters. The molecular formula is C17H28N2O2. The number of hydrogen-bond acceptors (Lipinski definition) is 4. The summed E-state index contributed by atoms with van der Waals surface area (Å²) in [4.78, 5) is 15.0. The Labute approximate surface area is 127 Å². The van der Waals surface area contributed by atoms with Crippen LogP contribution in [0.4, 0.5) is 0 Å². The lowest BCUT2D eigenvalue weighted by Gasteiger charge is -2.39. The number of carbonyl (C=O) groups is 1. The van der Waals surface area contributed by atoms with Crippen LogP contribution in [-0.4, -0.2) is 34.5 Å². The normalized spacial score (nSPS) is 18.0. The Hall–Kier alpha value is -1.16. The van der Waals surface area contributed by atoms with Crippen LogP contribution in [0, 0.1) is 0 Å². The zero-order valence-corrected chi connectivity index (χ0v) is 14.0. The molecule has 2 heterocycles. The van der Waals surface area contributed by atoms with E-state index in [2.05, 4.69) is 30.8 Å². The Bertz CT molecular complexity index is 491. The number of ketones is 1. The zero-order valence-electron chi connectivity index (χ0n) is 14.0. The topological polar surface area (TPSA) is 46.3 Å². The Balaban J connectivity index is 2.04. The predicted octanol–water partition coefficient (Wildman–Crippen LogP) is 3.35. The quantitative estimate of drug-likeness (QED) is 0.854. The SMILES string of the molecule is CC(C)(C)c1cc(CC(=O)C(C)(C)N2CCCCC2)no1. The largest absolute Gasteiger partial charge is 0.361 e. The van der Waals surface area contributed by atoms with E-state index in [1.165, 1.54) is 19.3 Å². The van der Waals surface area contributed by atoms with Gasteiger partial charge in [-0.2, -0.15) is 0 Å². The van der Waals surface area contributed by atoms with E-state index in [1.807, 2.05) is 19.9 Å². The van der Waals surface area contributed by atoms with Crippen molar-refractivity contribution in [2.75, 3.05) is 13.1 Å². The van der Waals surface area contributed by atoms with Gasteiger partial charge in [-0.15, -0.1) is 0 Å². The smallest absolute Gasteiger partial charge is 0.158 e. The van der Waals surface area contributed by atoms with Crippen molar-refractivity contribution < 1.29 is 9.32 Å². The van der Waals surface area contributed by atoms with Crippen LogP contribution in [-0.2, 0) is 16.6 Å². The first-order valence-electron chi connectivity index (χ1n) is 7.95. The van der Waals surface area contributed by atoms with E-state index in [0.717, 1.165) is 24.5 Å². The predicted molar refractivity (Wildman–Crippen MR) is 83.4 cm³/mol. The molecule has 1 aliphatic rings. The molecule has 0 saturated carbocycles. The molecule has 0 radical (unpaired) electrons. The first-order chi connectivity index (χ1) is 9.71. The maximum absolute atomic E-state index is 12.7. The fourth-order valence-corrected chi connectivity index (χ4v) is 2.76. The summed E-state index contributed by atoms with van der Waals surface area (Å²) in [7, 11) is 0. The number of nitrogens with zero attached hydrogens (tertiary/aromatic N) is 2. The first kappa shape index (κ1) is 16.2. The molecule has 2 rings (SSSR count). The van der Waals surface area contributed by atoms with Crippen molar-refractivity contribution in [1.29, 1.82) is 0 Å². The number of aromatic nitrogens is 1. The standard InChI is InChI=1S/C17H28N2O2/c1-16(2,3)15-12-13(18-21-15)11-14(20)17(4,5)19-9-7-6-8-10-19/h12H,6-11H2,1-5H3. The summed E-state index contributed by atoms with van der Waals surface area (Å²) in [6.07, 6.45) is 4.01.